The Hall–Kier alpha value is -0.910. The van der Waals surface area contributed by atoms with Gasteiger partial charge in [-0.3, -0.25) is 5.84 Å². The number of hydrogen-bond donors (Lipinski definition) is 2. The summed E-state index contributed by atoms with van der Waals surface area (Å²) in [5, 5.41) is 0. The Morgan fingerprint density at radius 2 is 2.29 bits per heavy atom. The van der Waals surface area contributed by atoms with E-state index in [4.69, 9.17) is 10.6 Å². The average Bonchev–Trinajstić information content (AvgIpc) is 2.53. The van der Waals surface area contributed by atoms with Crippen LogP contribution in [0.15, 0.2) is 12.4 Å². The Kier molecular flexibility index (Phi) is 3.25. The van der Waals surface area contributed by atoms with Crippen molar-refractivity contribution < 1.29 is 4.74 Å². The molecule has 1 atom stereocenters. The number of ether oxygens (including phenoxy) is 1. The van der Waals surface area contributed by atoms with E-state index in [0.29, 0.717) is 0 Å². The lowest BCUT2D eigenvalue weighted by molar-refractivity contribution is -0.0143. The molecule has 0 aliphatic heterocycles. The van der Waals surface area contributed by atoms with Crippen molar-refractivity contribution in [1.82, 2.24) is 15.0 Å². The van der Waals surface area contributed by atoms with Crippen LogP contribution in [0.5, 0.6) is 0 Å². The van der Waals surface area contributed by atoms with Gasteiger partial charge in [-0.2, -0.15) is 0 Å². The summed E-state index contributed by atoms with van der Waals surface area (Å²) >= 11 is 0. The van der Waals surface area contributed by atoms with E-state index in [0.717, 1.165) is 5.82 Å². The van der Waals surface area contributed by atoms with Gasteiger partial charge < -0.3 is 9.30 Å². The van der Waals surface area contributed by atoms with Gasteiger partial charge in [-0.05, 0) is 13.8 Å². The molecule has 5 heteroatoms. The summed E-state index contributed by atoms with van der Waals surface area (Å²) in [6, 6.07) is -0.132. The molecule has 0 radical (unpaired) electrons. The van der Waals surface area contributed by atoms with Crippen LogP contribution in [-0.4, -0.2) is 22.3 Å². The molecule has 5 nitrogen and oxygen atoms in total. The van der Waals surface area contributed by atoms with E-state index in [1.54, 1.807) is 13.3 Å². The summed E-state index contributed by atoms with van der Waals surface area (Å²) < 4.78 is 7.30. The van der Waals surface area contributed by atoms with Crippen molar-refractivity contribution in [3.8, 4) is 0 Å². The number of aryl methyl sites for hydroxylation is 1. The molecule has 1 unspecified atom stereocenters. The topological polar surface area (TPSA) is 65.1 Å². The quantitative estimate of drug-likeness (QED) is 0.541. The van der Waals surface area contributed by atoms with E-state index in [9.17, 15) is 0 Å². The van der Waals surface area contributed by atoms with E-state index in [2.05, 4.69) is 10.4 Å². The number of nitrogens with zero attached hydrogens (tertiary/aromatic N) is 2. The SMILES string of the molecule is COC(C)(C)C(NN)c1nccn1C. The number of methoxy groups -OCH3 is 1. The van der Waals surface area contributed by atoms with Gasteiger partial charge in [0.05, 0.1) is 5.60 Å². The zero-order chi connectivity index (χ0) is 10.8. The Bertz CT molecular complexity index is 295. The first-order chi connectivity index (χ1) is 6.53. The van der Waals surface area contributed by atoms with Gasteiger partial charge in [0.15, 0.2) is 0 Å². The van der Waals surface area contributed by atoms with Gasteiger partial charge in [0.2, 0.25) is 0 Å². The monoisotopic (exact) mass is 198 g/mol. The number of nitrogens with one attached hydrogen (secondary N) is 1. The minimum Gasteiger partial charge on any atom is -0.377 e. The van der Waals surface area contributed by atoms with Crippen LogP contribution in [0, 0.1) is 0 Å². The summed E-state index contributed by atoms with van der Waals surface area (Å²) in [6.45, 7) is 3.93. The Labute approximate surface area is 84.2 Å². The van der Waals surface area contributed by atoms with E-state index in [1.165, 1.54) is 0 Å². The summed E-state index contributed by atoms with van der Waals surface area (Å²) in [7, 11) is 3.59. The molecule has 1 aromatic rings. The zero-order valence-corrected chi connectivity index (χ0v) is 9.11. The van der Waals surface area contributed by atoms with Crippen LogP contribution >= 0.6 is 0 Å². The first-order valence-corrected chi connectivity index (χ1v) is 4.51. The lowest BCUT2D eigenvalue weighted by atomic mass is 9.98. The van der Waals surface area contributed by atoms with Gasteiger partial charge in [0, 0.05) is 26.6 Å². The fourth-order valence-electron chi connectivity index (χ4n) is 1.36. The molecule has 0 fully saturated rings. The number of imidazole rings is 1. The highest BCUT2D eigenvalue weighted by Crippen LogP contribution is 2.25. The first kappa shape index (κ1) is 11.2. The average molecular weight is 198 g/mol. The highest BCUT2D eigenvalue weighted by atomic mass is 16.5. The van der Waals surface area contributed by atoms with Crippen LogP contribution in [0.25, 0.3) is 0 Å². The van der Waals surface area contributed by atoms with Crippen LogP contribution in [0.1, 0.15) is 25.7 Å². The van der Waals surface area contributed by atoms with Gasteiger partial charge in [-0.15, -0.1) is 0 Å². The van der Waals surface area contributed by atoms with Crippen molar-refractivity contribution in [3.05, 3.63) is 18.2 Å². The molecule has 0 bridgehead atoms. The van der Waals surface area contributed by atoms with E-state index in [1.807, 2.05) is 31.7 Å². The van der Waals surface area contributed by atoms with Crippen molar-refractivity contribution >= 4 is 0 Å². The normalized spacial score (nSPS) is 14.4. The second-order valence-electron chi connectivity index (χ2n) is 3.80. The Morgan fingerprint density at radius 3 is 2.64 bits per heavy atom. The first-order valence-electron chi connectivity index (χ1n) is 4.51. The standard InChI is InChI=1S/C9H18N4O/c1-9(2,14-4)7(12-10)8-11-5-6-13(8)3/h5-7,12H,10H2,1-4H3. The molecule has 0 aromatic carbocycles. The maximum absolute atomic E-state index is 5.51. The molecule has 0 saturated carbocycles. The third kappa shape index (κ3) is 1.95. The van der Waals surface area contributed by atoms with Crippen LogP contribution in [0.3, 0.4) is 0 Å². The lowest BCUT2D eigenvalue weighted by Crippen LogP contribution is -2.45. The van der Waals surface area contributed by atoms with Crippen molar-refractivity contribution in [2.24, 2.45) is 12.9 Å². The smallest absolute Gasteiger partial charge is 0.129 e. The Morgan fingerprint density at radius 1 is 1.64 bits per heavy atom. The minimum atomic E-state index is -0.395. The Balaban J connectivity index is 2.99. The molecule has 3 N–H and O–H groups in total. The molecule has 14 heavy (non-hydrogen) atoms. The number of hydrazine groups is 1. The second-order valence-corrected chi connectivity index (χ2v) is 3.80. The molecule has 0 saturated heterocycles. The van der Waals surface area contributed by atoms with Crippen molar-refractivity contribution in [2.75, 3.05) is 7.11 Å². The van der Waals surface area contributed by atoms with Gasteiger partial charge in [-0.25, -0.2) is 10.4 Å². The van der Waals surface area contributed by atoms with Crippen LogP contribution in [0.2, 0.25) is 0 Å². The minimum absolute atomic E-state index is 0.132. The van der Waals surface area contributed by atoms with Crippen LogP contribution in [-0.2, 0) is 11.8 Å². The predicted octanol–water partition coefficient (Wildman–Crippen LogP) is 0.349. The van der Waals surface area contributed by atoms with Crippen LogP contribution in [0.4, 0.5) is 0 Å². The molecule has 1 aromatic heterocycles. The van der Waals surface area contributed by atoms with E-state index in [-0.39, 0.29) is 6.04 Å². The molecular formula is C9H18N4O. The van der Waals surface area contributed by atoms with E-state index >= 15 is 0 Å². The molecular weight excluding hydrogens is 180 g/mol. The highest BCUT2D eigenvalue weighted by molar-refractivity contribution is 5.04. The number of nitrogens with two attached hydrogens (primary N) is 1. The maximum atomic E-state index is 5.51. The molecule has 1 rings (SSSR count). The van der Waals surface area contributed by atoms with Crippen molar-refractivity contribution in [2.45, 2.75) is 25.5 Å². The third-order valence-corrected chi connectivity index (χ3v) is 2.50. The number of hydrogen-bond acceptors (Lipinski definition) is 4. The molecule has 0 aliphatic rings. The molecule has 80 valence electrons. The second kappa shape index (κ2) is 4.08. The lowest BCUT2D eigenvalue weighted by Gasteiger charge is -2.31. The third-order valence-electron chi connectivity index (χ3n) is 2.50. The predicted molar refractivity (Wildman–Crippen MR) is 54.4 cm³/mol. The fourth-order valence-corrected chi connectivity index (χ4v) is 1.36. The molecule has 1 heterocycles. The van der Waals surface area contributed by atoms with Gasteiger partial charge in [0.25, 0.3) is 0 Å². The fraction of sp³-hybridized carbons (Fsp3) is 0.667. The molecule has 0 spiro atoms. The summed E-state index contributed by atoms with van der Waals surface area (Å²) in [5.74, 6) is 6.37. The van der Waals surface area contributed by atoms with Gasteiger partial charge in [0.1, 0.15) is 11.9 Å². The summed E-state index contributed by atoms with van der Waals surface area (Å²) in [4.78, 5) is 4.24. The summed E-state index contributed by atoms with van der Waals surface area (Å²) in [5.41, 5.74) is 2.33. The molecule has 0 aliphatic carbocycles. The largest absolute Gasteiger partial charge is 0.377 e. The zero-order valence-electron chi connectivity index (χ0n) is 9.11. The highest BCUT2D eigenvalue weighted by Gasteiger charge is 2.32. The van der Waals surface area contributed by atoms with Crippen molar-refractivity contribution in [3.63, 3.8) is 0 Å². The van der Waals surface area contributed by atoms with Crippen molar-refractivity contribution in [1.29, 1.82) is 0 Å². The molecule has 0 amide bonds. The number of aromatic nitrogens is 2. The van der Waals surface area contributed by atoms with Gasteiger partial charge in [-0.1, -0.05) is 0 Å². The summed E-state index contributed by atoms with van der Waals surface area (Å²) in [6.07, 6.45) is 3.62. The number of rotatable bonds is 4. The van der Waals surface area contributed by atoms with Crippen LogP contribution < -0.4 is 11.3 Å². The van der Waals surface area contributed by atoms with E-state index < -0.39 is 5.60 Å². The van der Waals surface area contributed by atoms with Gasteiger partial charge >= 0.3 is 0 Å². The maximum Gasteiger partial charge on any atom is 0.129 e.